The Hall–Kier alpha value is -2.76. The maximum atomic E-state index is 12.8. The van der Waals surface area contributed by atoms with Crippen LogP contribution >= 0.6 is 11.6 Å². The third kappa shape index (κ3) is 6.32. The number of hydrogen-bond donors (Lipinski definition) is 1. The zero-order valence-corrected chi connectivity index (χ0v) is 22.4. The summed E-state index contributed by atoms with van der Waals surface area (Å²) in [6, 6.07) is 1.86. The Labute approximate surface area is 218 Å². The number of ether oxygens (including phenoxy) is 1. The molecule has 0 saturated carbocycles. The predicted octanol–water partition coefficient (Wildman–Crippen LogP) is 4.85. The van der Waals surface area contributed by atoms with Crippen LogP contribution in [0.3, 0.4) is 0 Å². The number of carbonyl (C=O) groups excluding carboxylic acids is 1. The van der Waals surface area contributed by atoms with E-state index in [0.29, 0.717) is 11.7 Å². The molecule has 1 amide bonds. The van der Waals surface area contributed by atoms with Crippen LogP contribution in [0.25, 0.3) is 0 Å². The molecule has 194 valence electrons. The van der Waals surface area contributed by atoms with Gasteiger partial charge in [-0.25, -0.2) is 14.5 Å². The fraction of sp³-hybridized carbons (Fsp3) is 0.593. The molecule has 1 unspecified atom stereocenters. The summed E-state index contributed by atoms with van der Waals surface area (Å²) in [7, 11) is 0. The lowest BCUT2D eigenvalue weighted by molar-refractivity contribution is -0.00345. The van der Waals surface area contributed by atoms with Gasteiger partial charge in [-0.05, 0) is 58.3 Å². The van der Waals surface area contributed by atoms with Crippen molar-refractivity contribution in [3.8, 4) is 11.8 Å². The smallest absolute Gasteiger partial charge is 0.411 e. The molecule has 0 bridgehead atoms. The van der Waals surface area contributed by atoms with Gasteiger partial charge in [0.15, 0.2) is 0 Å². The molecule has 4 rings (SSSR count). The standard InChI is InChI=1S/C27H36ClN5O3/c1-26(2,3)36-25(35)32-12-6-5-7-24(32)33-18-20(16-30-33)8-9-21-17-29-23(28)15-22(21)31-13-10-27(4,19-34)11-14-31/h15-18,24,34H,5-7,10-14,19H2,1-4H3. The normalized spacial score (nSPS) is 20.0. The van der Waals surface area contributed by atoms with Gasteiger partial charge >= 0.3 is 6.09 Å². The molecule has 0 aliphatic carbocycles. The number of aliphatic hydroxyl groups is 1. The summed E-state index contributed by atoms with van der Waals surface area (Å²) in [5.74, 6) is 6.46. The first-order valence-electron chi connectivity index (χ1n) is 12.6. The highest BCUT2D eigenvalue weighted by atomic mass is 35.5. The van der Waals surface area contributed by atoms with Crippen LogP contribution in [-0.2, 0) is 4.74 Å². The molecule has 1 N–H and O–H groups in total. The largest absolute Gasteiger partial charge is 0.444 e. The molecular weight excluding hydrogens is 478 g/mol. The number of amides is 1. The quantitative estimate of drug-likeness (QED) is 0.466. The van der Waals surface area contributed by atoms with Crippen molar-refractivity contribution in [1.82, 2.24) is 19.7 Å². The Morgan fingerprint density at radius 2 is 1.97 bits per heavy atom. The number of nitrogens with zero attached hydrogens (tertiary/aromatic N) is 5. The molecule has 0 radical (unpaired) electrons. The molecule has 0 spiro atoms. The van der Waals surface area contributed by atoms with Crippen LogP contribution in [0.2, 0.25) is 5.15 Å². The van der Waals surface area contributed by atoms with E-state index in [4.69, 9.17) is 16.3 Å². The summed E-state index contributed by atoms with van der Waals surface area (Å²) in [6.07, 6.45) is 9.41. The van der Waals surface area contributed by atoms with Gasteiger partial charge in [-0.3, -0.25) is 4.90 Å². The molecule has 2 fully saturated rings. The molecular formula is C27H36ClN5O3. The first-order chi connectivity index (χ1) is 17.1. The van der Waals surface area contributed by atoms with Gasteiger partial charge in [0.2, 0.25) is 0 Å². The maximum Gasteiger partial charge on any atom is 0.411 e. The second kappa shape index (κ2) is 10.7. The van der Waals surface area contributed by atoms with Crippen molar-refractivity contribution in [2.45, 2.75) is 71.6 Å². The number of anilines is 1. The summed E-state index contributed by atoms with van der Waals surface area (Å²) in [5.41, 5.74) is 1.93. The van der Waals surface area contributed by atoms with Gasteiger partial charge in [0.1, 0.15) is 16.9 Å². The van der Waals surface area contributed by atoms with Crippen molar-refractivity contribution in [3.63, 3.8) is 0 Å². The Balaban J connectivity index is 1.52. The third-order valence-electron chi connectivity index (χ3n) is 6.89. The van der Waals surface area contributed by atoms with E-state index in [1.807, 2.05) is 37.7 Å². The molecule has 8 nitrogen and oxygen atoms in total. The van der Waals surface area contributed by atoms with Gasteiger partial charge in [0.05, 0.1) is 23.0 Å². The van der Waals surface area contributed by atoms with Crippen LogP contribution in [0.1, 0.15) is 77.1 Å². The number of halogens is 1. The van der Waals surface area contributed by atoms with E-state index in [0.717, 1.165) is 62.0 Å². The van der Waals surface area contributed by atoms with E-state index in [-0.39, 0.29) is 24.3 Å². The molecule has 36 heavy (non-hydrogen) atoms. The second-order valence-corrected chi connectivity index (χ2v) is 11.5. The van der Waals surface area contributed by atoms with E-state index in [2.05, 4.69) is 33.7 Å². The van der Waals surface area contributed by atoms with Crippen molar-refractivity contribution < 1.29 is 14.6 Å². The second-order valence-electron chi connectivity index (χ2n) is 11.1. The zero-order chi connectivity index (χ0) is 25.9. The van der Waals surface area contributed by atoms with Crippen LogP contribution in [0.15, 0.2) is 24.7 Å². The molecule has 0 aromatic carbocycles. The van der Waals surface area contributed by atoms with E-state index in [1.54, 1.807) is 17.3 Å². The Morgan fingerprint density at radius 1 is 1.22 bits per heavy atom. The van der Waals surface area contributed by atoms with Gasteiger partial charge in [-0.15, -0.1) is 0 Å². The van der Waals surface area contributed by atoms with Crippen LogP contribution in [0.4, 0.5) is 10.5 Å². The minimum Gasteiger partial charge on any atom is -0.444 e. The van der Waals surface area contributed by atoms with E-state index < -0.39 is 5.60 Å². The number of piperidine rings is 2. The van der Waals surface area contributed by atoms with E-state index in [1.165, 1.54) is 0 Å². The van der Waals surface area contributed by atoms with Crippen LogP contribution < -0.4 is 4.90 Å². The molecule has 2 saturated heterocycles. The summed E-state index contributed by atoms with van der Waals surface area (Å²) in [6.45, 7) is 10.2. The molecule has 2 aromatic rings. The lowest BCUT2D eigenvalue weighted by Crippen LogP contribution is -2.44. The predicted molar refractivity (Wildman–Crippen MR) is 140 cm³/mol. The number of pyridine rings is 1. The first kappa shape index (κ1) is 26.3. The zero-order valence-electron chi connectivity index (χ0n) is 21.6. The van der Waals surface area contributed by atoms with E-state index >= 15 is 0 Å². The SMILES string of the molecule is CC1(CO)CCN(c2cc(Cl)ncc2C#Cc2cnn(C3CCCCN3C(=O)OC(C)(C)C)c2)CC1. The molecule has 1 atom stereocenters. The average Bonchev–Trinajstić information content (AvgIpc) is 3.32. The first-order valence-corrected chi connectivity index (χ1v) is 13.0. The number of carbonyl (C=O) groups is 1. The highest BCUT2D eigenvalue weighted by Crippen LogP contribution is 2.34. The number of aliphatic hydroxyl groups excluding tert-OH is 1. The van der Waals surface area contributed by atoms with Gasteiger partial charge in [0, 0.05) is 44.7 Å². The lowest BCUT2D eigenvalue weighted by Gasteiger charge is -2.39. The molecule has 2 aliphatic heterocycles. The lowest BCUT2D eigenvalue weighted by atomic mass is 9.81. The van der Waals surface area contributed by atoms with Crippen molar-refractivity contribution in [2.24, 2.45) is 5.41 Å². The summed E-state index contributed by atoms with van der Waals surface area (Å²) < 4.78 is 7.44. The average molecular weight is 514 g/mol. The third-order valence-corrected chi connectivity index (χ3v) is 7.10. The number of likely N-dealkylation sites (tertiary alicyclic amines) is 1. The molecule has 2 aliphatic rings. The fourth-order valence-electron chi connectivity index (χ4n) is 4.65. The Bertz CT molecular complexity index is 1140. The van der Waals surface area contributed by atoms with E-state index in [9.17, 15) is 9.90 Å². The molecule has 2 aromatic heterocycles. The minimum absolute atomic E-state index is 0.0416. The van der Waals surface area contributed by atoms with Crippen molar-refractivity contribution in [3.05, 3.63) is 40.9 Å². The van der Waals surface area contributed by atoms with Crippen molar-refractivity contribution in [1.29, 1.82) is 0 Å². The van der Waals surface area contributed by atoms with Gasteiger partial charge < -0.3 is 14.7 Å². The fourth-order valence-corrected chi connectivity index (χ4v) is 4.80. The number of aromatic nitrogens is 3. The summed E-state index contributed by atoms with van der Waals surface area (Å²) in [4.78, 5) is 21.1. The monoisotopic (exact) mass is 513 g/mol. The minimum atomic E-state index is -0.546. The summed E-state index contributed by atoms with van der Waals surface area (Å²) in [5, 5.41) is 14.7. The van der Waals surface area contributed by atoms with Crippen molar-refractivity contribution in [2.75, 3.05) is 31.1 Å². The van der Waals surface area contributed by atoms with Gasteiger partial charge in [-0.1, -0.05) is 30.4 Å². The van der Waals surface area contributed by atoms with Gasteiger partial charge in [0.25, 0.3) is 0 Å². The Morgan fingerprint density at radius 3 is 2.67 bits per heavy atom. The number of rotatable bonds is 3. The highest BCUT2D eigenvalue weighted by molar-refractivity contribution is 6.29. The highest BCUT2D eigenvalue weighted by Gasteiger charge is 2.32. The topological polar surface area (TPSA) is 83.7 Å². The molecule has 4 heterocycles. The van der Waals surface area contributed by atoms with Crippen molar-refractivity contribution >= 4 is 23.4 Å². The maximum absolute atomic E-state index is 12.8. The van der Waals surface area contributed by atoms with Crippen LogP contribution in [0.5, 0.6) is 0 Å². The van der Waals surface area contributed by atoms with Crippen LogP contribution in [0, 0.1) is 17.3 Å². The van der Waals surface area contributed by atoms with Gasteiger partial charge in [-0.2, -0.15) is 5.10 Å². The Kier molecular flexibility index (Phi) is 7.82. The van der Waals surface area contributed by atoms with Crippen LogP contribution in [-0.4, -0.2) is 62.7 Å². The summed E-state index contributed by atoms with van der Waals surface area (Å²) >= 11 is 6.22. The molecule has 9 heteroatoms. The number of hydrogen-bond acceptors (Lipinski definition) is 6.